The Morgan fingerprint density at radius 2 is 2.06 bits per heavy atom. The molecular formula is C12H15ClO5. The van der Waals surface area contributed by atoms with Crippen LogP contribution in [0.25, 0.3) is 0 Å². The van der Waals surface area contributed by atoms with Gasteiger partial charge in [-0.15, -0.1) is 0 Å². The van der Waals surface area contributed by atoms with Crippen molar-refractivity contribution < 1.29 is 24.1 Å². The molecule has 18 heavy (non-hydrogen) atoms. The van der Waals surface area contributed by atoms with Gasteiger partial charge < -0.3 is 19.3 Å². The van der Waals surface area contributed by atoms with E-state index >= 15 is 0 Å². The molecule has 0 aromatic heterocycles. The number of benzene rings is 1. The first-order chi connectivity index (χ1) is 8.60. The molecular weight excluding hydrogens is 260 g/mol. The Bertz CT molecular complexity index is 419. The maximum atomic E-state index is 10.3. The van der Waals surface area contributed by atoms with Crippen LogP contribution in [0.1, 0.15) is 5.56 Å². The molecule has 0 atom stereocenters. The molecule has 0 bridgehead atoms. The van der Waals surface area contributed by atoms with Gasteiger partial charge in [0.1, 0.15) is 23.1 Å². The standard InChI is InChI=1S/C12H15ClO5/c1-16-9-4-3-8(12(17-2)11(9)13)5-6-18-7-10(14)15/h3-4H,5-7H2,1-2H3,(H,14,15). The average Bonchev–Trinajstić information content (AvgIpc) is 2.34. The highest BCUT2D eigenvalue weighted by molar-refractivity contribution is 6.33. The summed E-state index contributed by atoms with van der Waals surface area (Å²) in [4.78, 5) is 10.3. The monoisotopic (exact) mass is 274 g/mol. The SMILES string of the molecule is COc1ccc(CCOCC(=O)O)c(OC)c1Cl. The smallest absolute Gasteiger partial charge is 0.329 e. The number of rotatable bonds is 7. The van der Waals surface area contributed by atoms with E-state index in [1.54, 1.807) is 6.07 Å². The van der Waals surface area contributed by atoms with Crippen molar-refractivity contribution in [3.8, 4) is 11.5 Å². The average molecular weight is 275 g/mol. The molecule has 1 rings (SSSR count). The lowest BCUT2D eigenvalue weighted by atomic mass is 10.1. The molecule has 0 unspecified atom stereocenters. The fraction of sp³-hybridized carbons (Fsp3) is 0.417. The second-order valence-electron chi connectivity index (χ2n) is 3.47. The van der Waals surface area contributed by atoms with E-state index in [0.717, 1.165) is 5.56 Å². The molecule has 0 heterocycles. The van der Waals surface area contributed by atoms with Gasteiger partial charge in [-0.1, -0.05) is 17.7 Å². The Balaban J connectivity index is 2.71. The number of hydrogen-bond donors (Lipinski definition) is 1. The summed E-state index contributed by atoms with van der Waals surface area (Å²) in [6.45, 7) is -0.0302. The van der Waals surface area contributed by atoms with E-state index in [1.807, 2.05) is 6.07 Å². The van der Waals surface area contributed by atoms with Gasteiger partial charge in [0.2, 0.25) is 0 Å². The summed E-state index contributed by atoms with van der Waals surface area (Å²) in [6.07, 6.45) is 0.514. The third-order valence-electron chi connectivity index (χ3n) is 2.31. The minimum Gasteiger partial charge on any atom is -0.495 e. The topological polar surface area (TPSA) is 65.0 Å². The number of carboxylic acid groups (broad SMARTS) is 1. The summed E-state index contributed by atoms with van der Waals surface area (Å²) in [7, 11) is 3.04. The molecule has 1 aromatic carbocycles. The lowest BCUT2D eigenvalue weighted by Crippen LogP contribution is -2.09. The normalized spacial score (nSPS) is 10.2. The van der Waals surface area contributed by atoms with E-state index in [1.165, 1.54) is 14.2 Å². The van der Waals surface area contributed by atoms with Crippen molar-refractivity contribution >= 4 is 17.6 Å². The molecule has 0 radical (unpaired) electrons. The van der Waals surface area contributed by atoms with E-state index in [0.29, 0.717) is 22.9 Å². The van der Waals surface area contributed by atoms with E-state index in [-0.39, 0.29) is 13.2 Å². The number of carbonyl (C=O) groups is 1. The molecule has 1 aromatic rings. The van der Waals surface area contributed by atoms with Crippen LogP contribution in [-0.4, -0.2) is 38.5 Å². The van der Waals surface area contributed by atoms with Crippen LogP contribution in [0.2, 0.25) is 5.02 Å². The second kappa shape index (κ2) is 7.08. The highest BCUT2D eigenvalue weighted by Crippen LogP contribution is 2.36. The van der Waals surface area contributed by atoms with Gasteiger partial charge in [-0.25, -0.2) is 4.79 Å². The molecule has 0 spiro atoms. The van der Waals surface area contributed by atoms with Crippen LogP contribution in [-0.2, 0) is 16.0 Å². The molecule has 0 fully saturated rings. The number of methoxy groups -OCH3 is 2. The van der Waals surface area contributed by atoms with E-state index < -0.39 is 5.97 Å². The van der Waals surface area contributed by atoms with Crippen molar-refractivity contribution in [3.05, 3.63) is 22.7 Å². The van der Waals surface area contributed by atoms with Gasteiger partial charge >= 0.3 is 5.97 Å². The van der Waals surface area contributed by atoms with Gasteiger partial charge in [-0.2, -0.15) is 0 Å². The predicted octanol–water partition coefficient (Wildman–Crippen LogP) is 2.00. The Kier molecular flexibility index (Phi) is 5.74. The van der Waals surface area contributed by atoms with Gasteiger partial charge in [0, 0.05) is 0 Å². The molecule has 0 saturated heterocycles. The molecule has 0 amide bonds. The van der Waals surface area contributed by atoms with Crippen LogP contribution in [0.3, 0.4) is 0 Å². The molecule has 0 aliphatic carbocycles. The van der Waals surface area contributed by atoms with Crippen LogP contribution in [0, 0.1) is 0 Å². The Morgan fingerprint density at radius 1 is 1.33 bits per heavy atom. The zero-order valence-corrected chi connectivity index (χ0v) is 11.0. The van der Waals surface area contributed by atoms with Crippen LogP contribution in [0.4, 0.5) is 0 Å². The van der Waals surface area contributed by atoms with Crippen molar-refractivity contribution in [2.75, 3.05) is 27.4 Å². The maximum Gasteiger partial charge on any atom is 0.329 e. The number of halogens is 1. The van der Waals surface area contributed by atoms with E-state index in [2.05, 4.69) is 0 Å². The second-order valence-corrected chi connectivity index (χ2v) is 3.85. The van der Waals surface area contributed by atoms with E-state index in [4.69, 9.17) is 30.9 Å². The first-order valence-corrected chi connectivity index (χ1v) is 5.66. The summed E-state index contributed by atoms with van der Waals surface area (Å²) in [5, 5.41) is 8.84. The Morgan fingerprint density at radius 3 is 2.61 bits per heavy atom. The molecule has 0 saturated carbocycles. The molecule has 5 nitrogen and oxygen atoms in total. The largest absolute Gasteiger partial charge is 0.495 e. The van der Waals surface area contributed by atoms with Crippen molar-refractivity contribution in [1.82, 2.24) is 0 Å². The Hall–Kier alpha value is -1.46. The number of ether oxygens (including phenoxy) is 3. The van der Waals surface area contributed by atoms with Crippen LogP contribution < -0.4 is 9.47 Å². The summed E-state index contributed by atoms with van der Waals surface area (Å²) >= 11 is 6.09. The number of hydrogen-bond acceptors (Lipinski definition) is 4. The summed E-state index contributed by atoms with van der Waals surface area (Å²) in [6, 6.07) is 3.55. The minimum atomic E-state index is -0.991. The lowest BCUT2D eigenvalue weighted by Gasteiger charge is -2.12. The maximum absolute atomic E-state index is 10.3. The van der Waals surface area contributed by atoms with Gasteiger partial charge in [0.05, 0.1) is 20.8 Å². The first-order valence-electron chi connectivity index (χ1n) is 5.29. The molecule has 6 heteroatoms. The van der Waals surface area contributed by atoms with Crippen LogP contribution >= 0.6 is 11.6 Å². The summed E-state index contributed by atoms with van der Waals surface area (Å²) < 4.78 is 15.3. The fourth-order valence-corrected chi connectivity index (χ4v) is 1.83. The summed E-state index contributed by atoms with van der Waals surface area (Å²) in [5.41, 5.74) is 0.841. The third kappa shape index (κ3) is 3.78. The number of aliphatic carboxylic acids is 1. The van der Waals surface area contributed by atoms with Gasteiger partial charge in [-0.3, -0.25) is 0 Å². The molecule has 0 aliphatic heterocycles. The Labute approximate surface area is 110 Å². The predicted molar refractivity (Wildman–Crippen MR) is 66.7 cm³/mol. The molecule has 1 N–H and O–H groups in total. The molecule has 100 valence electrons. The number of carboxylic acids is 1. The first kappa shape index (κ1) is 14.6. The zero-order valence-electron chi connectivity index (χ0n) is 10.2. The van der Waals surface area contributed by atoms with Gasteiger partial charge in [0.15, 0.2) is 0 Å². The highest BCUT2D eigenvalue weighted by atomic mass is 35.5. The quantitative estimate of drug-likeness (QED) is 0.771. The van der Waals surface area contributed by atoms with Crippen LogP contribution in [0.15, 0.2) is 12.1 Å². The summed E-state index contributed by atoms with van der Waals surface area (Å²) in [5.74, 6) is 0.0633. The van der Waals surface area contributed by atoms with E-state index in [9.17, 15) is 4.79 Å². The van der Waals surface area contributed by atoms with Crippen molar-refractivity contribution in [2.24, 2.45) is 0 Å². The van der Waals surface area contributed by atoms with Gasteiger partial charge in [-0.05, 0) is 18.1 Å². The zero-order chi connectivity index (χ0) is 13.5. The third-order valence-corrected chi connectivity index (χ3v) is 2.67. The van der Waals surface area contributed by atoms with Crippen molar-refractivity contribution in [1.29, 1.82) is 0 Å². The lowest BCUT2D eigenvalue weighted by molar-refractivity contribution is -0.142. The van der Waals surface area contributed by atoms with Crippen molar-refractivity contribution in [2.45, 2.75) is 6.42 Å². The van der Waals surface area contributed by atoms with Crippen molar-refractivity contribution in [3.63, 3.8) is 0 Å². The molecule has 0 aliphatic rings. The fourth-order valence-electron chi connectivity index (χ4n) is 1.49. The minimum absolute atomic E-state index is 0.283. The highest BCUT2D eigenvalue weighted by Gasteiger charge is 2.12. The van der Waals surface area contributed by atoms with Crippen LogP contribution in [0.5, 0.6) is 11.5 Å². The van der Waals surface area contributed by atoms with Gasteiger partial charge in [0.25, 0.3) is 0 Å².